The van der Waals surface area contributed by atoms with Crippen LogP contribution in [0.5, 0.6) is 0 Å². The van der Waals surface area contributed by atoms with Crippen molar-refractivity contribution in [1.82, 2.24) is 0 Å². The third kappa shape index (κ3) is 2.32. The van der Waals surface area contributed by atoms with Crippen LogP contribution >= 0.6 is 0 Å². The molecule has 0 aliphatic heterocycles. The van der Waals surface area contributed by atoms with Crippen LogP contribution in [-0.4, -0.2) is 5.91 Å². The standard InChI is InChI=1S/C12H7FN2O2/c13-10-5-8(6-14)1-2-11(10)15-12(16)9-3-4-17-7-9/h1-5,7H,(H,15,16). The number of carbonyl (C=O) groups excluding carboxylic acids is 1. The van der Waals surface area contributed by atoms with E-state index in [0.717, 1.165) is 6.07 Å². The Morgan fingerprint density at radius 3 is 2.82 bits per heavy atom. The first kappa shape index (κ1) is 10.9. The quantitative estimate of drug-likeness (QED) is 0.862. The predicted molar refractivity (Wildman–Crippen MR) is 57.8 cm³/mol. The van der Waals surface area contributed by atoms with Crippen molar-refractivity contribution < 1.29 is 13.6 Å². The van der Waals surface area contributed by atoms with E-state index in [4.69, 9.17) is 9.68 Å². The van der Waals surface area contributed by atoms with Gasteiger partial charge in [-0.05, 0) is 24.3 Å². The first-order chi connectivity index (χ1) is 8.20. The van der Waals surface area contributed by atoms with Gasteiger partial charge in [0.15, 0.2) is 0 Å². The van der Waals surface area contributed by atoms with E-state index in [-0.39, 0.29) is 11.3 Å². The number of nitriles is 1. The summed E-state index contributed by atoms with van der Waals surface area (Å²) in [6, 6.07) is 7.10. The van der Waals surface area contributed by atoms with Gasteiger partial charge < -0.3 is 9.73 Å². The Labute approximate surface area is 96.3 Å². The summed E-state index contributed by atoms with van der Waals surface area (Å²) in [6.07, 6.45) is 2.61. The van der Waals surface area contributed by atoms with Crippen LogP contribution in [0.15, 0.2) is 41.2 Å². The van der Waals surface area contributed by atoms with Crippen LogP contribution in [0, 0.1) is 17.1 Å². The normalized spacial score (nSPS) is 9.65. The molecule has 1 heterocycles. The average Bonchev–Trinajstić information content (AvgIpc) is 2.85. The largest absolute Gasteiger partial charge is 0.472 e. The number of carbonyl (C=O) groups is 1. The summed E-state index contributed by atoms with van der Waals surface area (Å²) in [5.74, 6) is -1.12. The highest BCUT2D eigenvalue weighted by Crippen LogP contribution is 2.16. The molecule has 0 saturated carbocycles. The van der Waals surface area contributed by atoms with E-state index in [1.54, 1.807) is 0 Å². The summed E-state index contributed by atoms with van der Waals surface area (Å²) >= 11 is 0. The van der Waals surface area contributed by atoms with Crippen molar-refractivity contribution >= 4 is 11.6 Å². The highest BCUT2D eigenvalue weighted by molar-refractivity contribution is 6.04. The molecule has 0 aliphatic carbocycles. The van der Waals surface area contributed by atoms with Crippen molar-refractivity contribution in [2.45, 2.75) is 0 Å². The first-order valence-electron chi connectivity index (χ1n) is 4.74. The van der Waals surface area contributed by atoms with Gasteiger partial charge in [0.2, 0.25) is 0 Å². The van der Waals surface area contributed by atoms with E-state index in [1.807, 2.05) is 6.07 Å². The molecule has 0 fully saturated rings. The van der Waals surface area contributed by atoms with Crippen LogP contribution in [0.2, 0.25) is 0 Å². The van der Waals surface area contributed by atoms with E-state index in [1.165, 1.54) is 30.7 Å². The van der Waals surface area contributed by atoms with Gasteiger partial charge in [0.05, 0.1) is 29.1 Å². The van der Waals surface area contributed by atoms with Crippen LogP contribution in [0.1, 0.15) is 15.9 Å². The lowest BCUT2D eigenvalue weighted by atomic mass is 10.2. The molecule has 0 radical (unpaired) electrons. The monoisotopic (exact) mass is 230 g/mol. The topological polar surface area (TPSA) is 66.0 Å². The van der Waals surface area contributed by atoms with Crippen molar-refractivity contribution in [1.29, 1.82) is 5.26 Å². The zero-order valence-corrected chi connectivity index (χ0v) is 8.61. The number of hydrogen-bond acceptors (Lipinski definition) is 3. The van der Waals surface area contributed by atoms with E-state index in [0.29, 0.717) is 5.56 Å². The van der Waals surface area contributed by atoms with Crippen molar-refractivity contribution in [3.8, 4) is 6.07 Å². The number of halogens is 1. The van der Waals surface area contributed by atoms with Gasteiger partial charge in [0.1, 0.15) is 12.1 Å². The summed E-state index contributed by atoms with van der Waals surface area (Å²) in [7, 11) is 0. The van der Waals surface area contributed by atoms with Gasteiger partial charge in [-0.3, -0.25) is 4.79 Å². The molecule has 2 aromatic rings. The van der Waals surface area contributed by atoms with Crippen LogP contribution in [-0.2, 0) is 0 Å². The molecule has 1 N–H and O–H groups in total. The fraction of sp³-hybridized carbons (Fsp3) is 0. The van der Waals surface area contributed by atoms with Gasteiger partial charge in [0, 0.05) is 0 Å². The van der Waals surface area contributed by atoms with Gasteiger partial charge in [0.25, 0.3) is 5.91 Å². The molecule has 0 bridgehead atoms. The van der Waals surface area contributed by atoms with Crippen LogP contribution in [0.4, 0.5) is 10.1 Å². The summed E-state index contributed by atoms with van der Waals surface area (Å²) in [4.78, 5) is 11.6. The molecule has 84 valence electrons. The van der Waals surface area contributed by atoms with Gasteiger partial charge in [-0.1, -0.05) is 0 Å². The number of benzene rings is 1. The van der Waals surface area contributed by atoms with Crippen molar-refractivity contribution in [3.63, 3.8) is 0 Å². The summed E-state index contributed by atoms with van der Waals surface area (Å²) < 4.78 is 18.2. The molecule has 2 rings (SSSR count). The average molecular weight is 230 g/mol. The summed E-state index contributed by atoms with van der Waals surface area (Å²) in [6.45, 7) is 0. The Morgan fingerprint density at radius 1 is 1.41 bits per heavy atom. The molecule has 4 nitrogen and oxygen atoms in total. The van der Waals surface area contributed by atoms with E-state index in [2.05, 4.69) is 5.32 Å². The third-order valence-corrected chi connectivity index (χ3v) is 2.13. The number of furan rings is 1. The SMILES string of the molecule is N#Cc1ccc(NC(=O)c2ccoc2)c(F)c1. The zero-order valence-electron chi connectivity index (χ0n) is 8.61. The van der Waals surface area contributed by atoms with Gasteiger partial charge >= 0.3 is 0 Å². The maximum absolute atomic E-state index is 13.4. The minimum absolute atomic E-state index is 0.0233. The minimum Gasteiger partial charge on any atom is -0.472 e. The fourth-order valence-corrected chi connectivity index (χ4v) is 1.27. The van der Waals surface area contributed by atoms with Crippen molar-refractivity contribution in [3.05, 3.63) is 53.7 Å². The fourth-order valence-electron chi connectivity index (χ4n) is 1.27. The second kappa shape index (κ2) is 4.49. The van der Waals surface area contributed by atoms with E-state index in [9.17, 15) is 9.18 Å². The second-order valence-electron chi connectivity index (χ2n) is 3.27. The zero-order chi connectivity index (χ0) is 12.3. The molecule has 1 amide bonds. The maximum Gasteiger partial charge on any atom is 0.258 e. The van der Waals surface area contributed by atoms with Crippen LogP contribution < -0.4 is 5.32 Å². The van der Waals surface area contributed by atoms with Gasteiger partial charge in [-0.2, -0.15) is 5.26 Å². The summed E-state index contributed by atoms with van der Waals surface area (Å²) in [5.41, 5.74) is 0.521. The molecule has 5 heteroatoms. The Bertz CT molecular complexity index is 585. The molecule has 17 heavy (non-hydrogen) atoms. The molecule has 0 saturated heterocycles. The number of nitrogens with zero attached hydrogens (tertiary/aromatic N) is 1. The predicted octanol–water partition coefficient (Wildman–Crippen LogP) is 2.54. The number of nitrogens with one attached hydrogen (secondary N) is 1. The number of anilines is 1. The summed E-state index contributed by atoms with van der Waals surface area (Å²) in [5, 5.41) is 10.9. The molecule has 0 aliphatic rings. The third-order valence-electron chi connectivity index (χ3n) is 2.13. The maximum atomic E-state index is 13.4. The van der Waals surface area contributed by atoms with E-state index < -0.39 is 11.7 Å². The van der Waals surface area contributed by atoms with Crippen molar-refractivity contribution in [2.75, 3.05) is 5.32 Å². The highest BCUT2D eigenvalue weighted by Gasteiger charge is 2.10. The Hall–Kier alpha value is -2.61. The first-order valence-corrected chi connectivity index (χ1v) is 4.74. The lowest BCUT2D eigenvalue weighted by Gasteiger charge is -2.04. The number of amides is 1. The van der Waals surface area contributed by atoms with Crippen LogP contribution in [0.3, 0.4) is 0 Å². The molecular weight excluding hydrogens is 223 g/mol. The smallest absolute Gasteiger partial charge is 0.258 e. The number of hydrogen-bond donors (Lipinski definition) is 1. The molecule has 1 aromatic heterocycles. The van der Waals surface area contributed by atoms with E-state index >= 15 is 0 Å². The molecule has 0 unspecified atom stereocenters. The second-order valence-corrected chi connectivity index (χ2v) is 3.27. The van der Waals surface area contributed by atoms with Gasteiger partial charge in [-0.25, -0.2) is 4.39 Å². The molecule has 0 spiro atoms. The molecule has 0 atom stereocenters. The molecular formula is C12H7FN2O2. The Morgan fingerprint density at radius 2 is 2.24 bits per heavy atom. The van der Waals surface area contributed by atoms with Crippen molar-refractivity contribution in [2.24, 2.45) is 0 Å². The minimum atomic E-state index is -0.652. The Kier molecular flexibility index (Phi) is 2.88. The Balaban J connectivity index is 2.20. The lowest BCUT2D eigenvalue weighted by Crippen LogP contribution is -2.12. The van der Waals surface area contributed by atoms with Crippen LogP contribution in [0.25, 0.3) is 0 Å². The number of rotatable bonds is 2. The molecule has 1 aromatic carbocycles. The highest BCUT2D eigenvalue weighted by atomic mass is 19.1. The lowest BCUT2D eigenvalue weighted by molar-refractivity contribution is 0.102. The van der Waals surface area contributed by atoms with Gasteiger partial charge in [-0.15, -0.1) is 0 Å².